The molecule has 0 saturated heterocycles. The number of amides is 1. The second-order valence-corrected chi connectivity index (χ2v) is 7.70. The Morgan fingerprint density at radius 1 is 1.23 bits per heavy atom. The Bertz CT molecular complexity index is 1080. The lowest BCUT2D eigenvalue weighted by Crippen LogP contribution is -2.14. The fourth-order valence-electron chi connectivity index (χ4n) is 2.70. The van der Waals surface area contributed by atoms with E-state index in [4.69, 9.17) is 0 Å². The number of hydrogen-bond donors (Lipinski definition) is 1. The Balaban J connectivity index is 1.46. The van der Waals surface area contributed by atoms with Crippen molar-refractivity contribution < 1.29 is 4.79 Å². The van der Waals surface area contributed by atoms with E-state index in [2.05, 4.69) is 31.2 Å². The molecule has 4 rings (SSSR count). The number of pyridine rings is 1. The minimum Gasteiger partial charge on any atom is -0.307 e. The standard InChI is InChI=1S/C19H15BrN4OS/c1-12-3-2-8-24-10-15(21-18(12)24)9-17(25)23-19-22-16(11-26-19)13-4-6-14(20)7-5-13/h2-8,10-11H,9H2,1H3,(H,22,23,25). The van der Waals surface area contributed by atoms with Gasteiger partial charge in [0, 0.05) is 27.8 Å². The molecule has 0 unspecified atom stereocenters. The van der Waals surface area contributed by atoms with E-state index in [-0.39, 0.29) is 12.3 Å². The molecular weight excluding hydrogens is 412 g/mol. The Morgan fingerprint density at radius 3 is 2.81 bits per heavy atom. The van der Waals surface area contributed by atoms with Crippen molar-refractivity contribution in [3.8, 4) is 11.3 Å². The molecule has 0 bridgehead atoms. The Kier molecular flexibility index (Phi) is 4.57. The van der Waals surface area contributed by atoms with Gasteiger partial charge in [-0.3, -0.25) is 4.79 Å². The molecule has 130 valence electrons. The highest BCUT2D eigenvalue weighted by Crippen LogP contribution is 2.26. The fourth-order valence-corrected chi connectivity index (χ4v) is 3.70. The number of carbonyl (C=O) groups excluding carboxylic acids is 1. The van der Waals surface area contributed by atoms with Gasteiger partial charge in [-0.05, 0) is 30.7 Å². The van der Waals surface area contributed by atoms with Crippen LogP contribution in [0.25, 0.3) is 16.9 Å². The van der Waals surface area contributed by atoms with Gasteiger partial charge in [-0.1, -0.05) is 34.1 Å². The van der Waals surface area contributed by atoms with E-state index < -0.39 is 0 Å². The third-order valence-corrected chi connectivity index (χ3v) is 5.25. The molecule has 0 aliphatic heterocycles. The molecule has 1 N–H and O–H groups in total. The number of rotatable bonds is 4. The van der Waals surface area contributed by atoms with E-state index in [1.807, 2.05) is 65.5 Å². The molecule has 0 fully saturated rings. The number of carbonyl (C=O) groups is 1. The monoisotopic (exact) mass is 426 g/mol. The normalized spacial score (nSPS) is 11.0. The minimum absolute atomic E-state index is 0.122. The summed E-state index contributed by atoms with van der Waals surface area (Å²) in [7, 11) is 0. The first-order valence-electron chi connectivity index (χ1n) is 8.03. The van der Waals surface area contributed by atoms with Crippen LogP contribution >= 0.6 is 27.3 Å². The number of aryl methyl sites for hydroxylation is 1. The molecule has 5 nitrogen and oxygen atoms in total. The molecule has 0 aliphatic carbocycles. The van der Waals surface area contributed by atoms with Gasteiger partial charge >= 0.3 is 0 Å². The van der Waals surface area contributed by atoms with Gasteiger partial charge < -0.3 is 9.72 Å². The van der Waals surface area contributed by atoms with Crippen molar-refractivity contribution >= 4 is 44.0 Å². The number of imidazole rings is 1. The molecule has 26 heavy (non-hydrogen) atoms. The summed E-state index contributed by atoms with van der Waals surface area (Å²) >= 11 is 4.84. The highest BCUT2D eigenvalue weighted by Gasteiger charge is 2.11. The van der Waals surface area contributed by atoms with Gasteiger partial charge in [0.2, 0.25) is 5.91 Å². The smallest absolute Gasteiger partial charge is 0.232 e. The molecule has 0 atom stereocenters. The zero-order valence-corrected chi connectivity index (χ0v) is 16.3. The van der Waals surface area contributed by atoms with Crippen molar-refractivity contribution in [1.82, 2.24) is 14.4 Å². The van der Waals surface area contributed by atoms with E-state index in [0.29, 0.717) is 5.13 Å². The first-order valence-corrected chi connectivity index (χ1v) is 9.70. The van der Waals surface area contributed by atoms with Crippen LogP contribution in [0.5, 0.6) is 0 Å². The van der Waals surface area contributed by atoms with Crippen LogP contribution in [0.1, 0.15) is 11.3 Å². The third kappa shape index (κ3) is 3.54. The zero-order chi connectivity index (χ0) is 18.1. The maximum absolute atomic E-state index is 12.3. The number of fused-ring (bicyclic) bond motifs is 1. The van der Waals surface area contributed by atoms with Gasteiger partial charge in [-0.2, -0.15) is 0 Å². The van der Waals surface area contributed by atoms with Crippen LogP contribution in [0.4, 0.5) is 5.13 Å². The number of nitrogens with zero attached hydrogens (tertiary/aromatic N) is 3. The average molecular weight is 427 g/mol. The lowest BCUT2D eigenvalue weighted by atomic mass is 10.2. The SMILES string of the molecule is Cc1cccn2cc(CC(=O)Nc3nc(-c4ccc(Br)cc4)cs3)nc12. The molecule has 0 aliphatic rings. The van der Waals surface area contributed by atoms with Crippen LogP contribution in [0.3, 0.4) is 0 Å². The number of anilines is 1. The summed E-state index contributed by atoms with van der Waals surface area (Å²) in [4.78, 5) is 21.4. The van der Waals surface area contributed by atoms with Crippen molar-refractivity contribution in [2.75, 3.05) is 5.32 Å². The molecule has 1 aromatic carbocycles. The van der Waals surface area contributed by atoms with Crippen molar-refractivity contribution in [3.05, 3.63) is 69.9 Å². The molecule has 1 amide bonds. The Hall–Kier alpha value is -2.51. The predicted octanol–water partition coefficient (Wildman–Crippen LogP) is 4.71. The molecule has 0 radical (unpaired) electrons. The maximum Gasteiger partial charge on any atom is 0.232 e. The largest absolute Gasteiger partial charge is 0.307 e. The summed E-state index contributed by atoms with van der Waals surface area (Å²) < 4.78 is 2.96. The number of hydrogen-bond acceptors (Lipinski definition) is 4. The minimum atomic E-state index is -0.122. The van der Waals surface area contributed by atoms with Crippen LogP contribution in [-0.4, -0.2) is 20.3 Å². The molecule has 3 aromatic heterocycles. The molecule has 0 saturated carbocycles. The van der Waals surface area contributed by atoms with Crippen LogP contribution in [0, 0.1) is 6.92 Å². The van der Waals surface area contributed by atoms with Gasteiger partial charge in [-0.15, -0.1) is 11.3 Å². The summed E-state index contributed by atoms with van der Waals surface area (Å²) in [5.74, 6) is -0.122. The zero-order valence-electron chi connectivity index (χ0n) is 13.9. The third-order valence-electron chi connectivity index (χ3n) is 3.96. The van der Waals surface area contributed by atoms with E-state index in [9.17, 15) is 4.79 Å². The molecule has 0 spiro atoms. The molecular formula is C19H15BrN4OS. The van der Waals surface area contributed by atoms with Crippen molar-refractivity contribution in [2.24, 2.45) is 0 Å². The van der Waals surface area contributed by atoms with E-state index in [0.717, 1.165) is 32.6 Å². The van der Waals surface area contributed by atoms with Gasteiger partial charge in [0.15, 0.2) is 5.13 Å². The van der Waals surface area contributed by atoms with Crippen LogP contribution < -0.4 is 5.32 Å². The maximum atomic E-state index is 12.3. The number of benzene rings is 1. The Morgan fingerprint density at radius 2 is 2.04 bits per heavy atom. The summed E-state index contributed by atoms with van der Waals surface area (Å²) in [5, 5.41) is 5.39. The number of aromatic nitrogens is 3. The van der Waals surface area contributed by atoms with Crippen LogP contribution in [-0.2, 0) is 11.2 Å². The highest BCUT2D eigenvalue weighted by molar-refractivity contribution is 9.10. The lowest BCUT2D eigenvalue weighted by Gasteiger charge is -1.99. The van der Waals surface area contributed by atoms with E-state index >= 15 is 0 Å². The van der Waals surface area contributed by atoms with Crippen molar-refractivity contribution in [1.29, 1.82) is 0 Å². The molecule has 3 heterocycles. The van der Waals surface area contributed by atoms with Gasteiger partial charge in [-0.25, -0.2) is 9.97 Å². The van der Waals surface area contributed by atoms with Crippen LogP contribution in [0.15, 0.2) is 58.6 Å². The van der Waals surface area contributed by atoms with Gasteiger partial charge in [0.05, 0.1) is 17.8 Å². The molecule has 7 heteroatoms. The average Bonchev–Trinajstić information content (AvgIpc) is 3.23. The Labute approximate surface area is 162 Å². The first kappa shape index (κ1) is 16.9. The number of nitrogens with one attached hydrogen (secondary N) is 1. The van der Waals surface area contributed by atoms with Crippen molar-refractivity contribution in [2.45, 2.75) is 13.3 Å². The van der Waals surface area contributed by atoms with E-state index in [1.165, 1.54) is 11.3 Å². The van der Waals surface area contributed by atoms with Crippen LogP contribution in [0.2, 0.25) is 0 Å². The van der Waals surface area contributed by atoms with Gasteiger partial charge in [0.25, 0.3) is 0 Å². The fraction of sp³-hybridized carbons (Fsp3) is 0.105. The number of thiazole rings is 1. The first-order chi connectivity index (χ1) is 12.6. The van der Waals surface area contributed by atoms with E-state index in [1.54, 1.807) is 0 Å². The second-order valence-electron chi connectivity index (χ2n) is 5.92. The lowest BCUT2D eigenvalue weighted by molar-refractivity contribution is -0.115. The molecule has 4 aromatic rings. The highest BCUT2D eigenvalue weighted by atomic mass is 79.9. The number of halogens is 1. The summed E-state index contributed by atoms with van der Waals surface area (Å²) in [6.07, 6.45) is 4.04. The topological polar surface area (TPSA) is 59.3 Å². The second kappa shape index (κ2) is 7.01. The van der Waals surface area contributed by atoms with Gasteiger partial charge in [0.1, 0.15) is 5.65 Å². The summed E-state index contributed by atoms with van der Waals surface area (Å²) in [6, 6.07) is 11.9. The predicted molar refractivity (Wildman–Crippen MR) is 108 cm³/mol. The summed E-state index contributed by atoms with van der Waals surface area (Å²) in [5.41, 5.74) is 4.56. The quantitative estimate of drug-likeness (QED) is 0.513. The summed E-state index contributed by atoms with van der Waals surface area (Å²) in [6.45, 7) is 2.01. The van der Waals surface area contributed by atoms with Crippen molar-refractivity contribution in [3.63, 3.8) is 0 Å².